The Morgan fingerprint density at radius 2 is 1.41 bits per heavy atom. The van der Waals surface area contributed by atoms with Gasteiger partial charge in [-0.15, -0.1) is 0 Å². The van der Waals surface area contributed by atoms with Crippen LogP contribution in [0.25, 0.3) is 0 Å². The Bertz CT molecular complexity index is 713. The standard InChI is InChI=1S/C18H17NO3/c1-12-3-7-14(8-4-12)17(20)11-16(18(21)22)19-15-9-5-13(2)6-10-15/h3-11,19H,1-2H3,(H,21,22)/b16-11-. The van der Waals surface area contributed by atoms with Crippen LogP contribution in [0.1, 0.15) is 21.5 Å². The predicted molar refractivity (Wildman–Crippen MR) is 86.0 cm³/mol. The molecule has 2 aromatic rings. The molecule has 0 atom stereocenters. The molecule has 0 unspecified atom stereocenters. The zero-order valence-corrected chi connectivity index (χ0v) is 12.5. The predicted octanol–water partition coefficient (Wildman–Crippen LogP) is 3.57. The third kappa shape index (κ3) is 4.06. The van der Waals surface area contributed by atoms with E-state index in [9.17, 15) is 14.7 Å². The first kappa shape index (κ1) is 15.5. The van der Waals surface area contributed by atoms with Crippen LogP contribution >= 0.6 is 0 Å². The Hall–Kier alpha value is -2.88. The molecule has 0 radical (unpaired) electrons. The van der Waals surface area contributed by atoms with E-state index in [-0.39, 0.29) is 11.5 Å². The van der Waals surface area contributed by atoms with Crippen molar-refractivity contribution in [2.75, 3.05) is 5.32 Å². The van der Waals surface area contributed by atoms with Crippen molar-refractivity contribution in [3.05, 3.63) is 77.0 Å². The van der Waals surface area contributed by atoms with Crippen molar-refractivity contribution in [3.63, 3.8) is 0 Å². The van der Waals surface area contributed by atoms with Crippen molar-refractivity contribution in [1.82, 2.24) is 0 Å². The van der Waals surface area contributed by atoms with Gasteiger partial charge < -0.3 is 10.4 Å². The van der Waals surface area contributed by atoms with E-state index in [0.717, 1.165) is 17.2 Å². The number of carbonyl (C=O) groups excluding carboxylic acids is 1. The summed E-state index contributed by atoms with van der Waals surface area (Å²) in [4.78, 5) is 23.4. The molecule has 0 aliphatic heterocycles. The van der Waals surface area contributed by atoms with Gasteiger partial charge in [0.05, 0.1) is 0 Å². The van der Waals surface area contributed by atoms with Crippen molar-refractivity contribution in [2.45, 2.75) is 13.8 Å². The Balaban J connectivity index is 2.23. The van der Waals surface area contributed by atoms with E-state index in [1.807, 2.05) is 38.1 Å². The average molecular weight is 295 g/mol. The summed E-state index contributed by atoms with van der Waals surface area (Å²) in [5.41, 5.74) is 3.03. The highest BCUT2D eigenvalue weighted by Crippen LogP contribution is 2.13. The quantitative estimate of drug-likeness (QED) is 0.653. The van der Waals surface area contributed by atoms with E-state index < -0.39 is 5.97 Å². The van der Waals surface area contributed by atoms with E-state index >= 15 is 0 Å². The lowest BCUT2D eigenvalue weighted by Crippen LogP contribution is -2.13. The van der Waals surface area contributed by atoms with E-state index in [1.165, 1.54) is 0 Å². The summed E-state index contributed by atoms with van der Waals surface area (Å²) >= 11 is 0. The Labute approximate surface area is 129 Å². The molecule has 0 fully saturated rings. The van der Waals surface area contributed by atoms with Crippen molar-refractivity contribution in [3.8, 4) is 0 Å². The molecule has 22 heavy (non-hydrogen) atoms. The van der Waals surface area contributed by atoms with E-state index in [0.29, 0.717) is 11.3 Å². The number of allylic oxidation sites excluding steroid dienone is 1. The highest BCUT2D eigenvalue weighted by Gasteiger charge is 2.11. The van der Waals surface area contributed by atoms with Crippen LogP contribution in [-0.2, 0) is 4.79 Å². The first-order valence-electron chi connectivity index (χ1n) is 6.85. The van der Waals surface area contributed by atoms with Crippen LogP contribution < -0.4 is 5.32 Å². The number of hydrogen-bond acceptors (Lipinski definition) is 3. The number of benzene rings is 2. The van der Waals surface area contributed by atoms with E-state index in [1.54, 1.807) is 24.3 Å². The molecule has 0 aromatic heterocycles. The minimum absolute atomic E-state index is 0.158. The van der Waals surface area contributed by atoms with Gasteiger partial charge in [0.25, 0.3) is 0 Å². The first-order chi connectivity index (χ1) is 10.5. The van der Waals surface area contributed by atoms with Gasteiger partial charge in [-0.3, -0.25) is 4.79 Å². The van der Waals surface area contributed by atoms with Gasteiger partial charge in [0.1, 0.15) is 5.70 Å². The number of carbonyl (C=O) groups is 2. The molecule has 0 spiro atoms. The van der Waals surface area contributed by atoms with Crippen molar-refractivity contribution >= 4 is 17.4 Å². The summed E-state index contributed by atoms with van der Waals surface area (Å²) in [7, 11) is 0. The van der Waals surface area contributed by atoms with Crippen molar-refractivity contribution < 1.29 is 14.7 Å². The van der Waals surface area contributed by atoms with Gasteiger partial charge in [-0.25, -0.2) is 4.79 Å². The summed E-state index contributed by atoms with van der Waals surface area (Å²) in [6.45, 7) is 3.87. The number of carboxylic acids is 1. The largest absolute Gasteiger partial charge is 0.477 e. The summed E-state index contributed by atoms with van der Waals surface area (Å²) in [5.74, 6) is -1.53. The highest BCUT2D eigenvalue weighted by atomic mass is 16.4. The molecule has 112 valence electrons. The number of aryl methyl sites for hydroxylation is 2. The Kier molecular flexibility index (Phi) is 4.73. The lowest BCUT2D eigenvalue weighted by molar-refractivity contribution is -0.132. The second-order valence-corrected chi connectivity index (χ2v) is 5.08. The molecule has 0 bridgehead atoms. The monoisotopic (exact) mass is 295 g/mol. The van der Waals surface area contributed by atoms with Crippen LogP contribution in [0.4, 0.5) is 5.69 Å². The summed E-state index contributed by atoms with van der Waals surface area (Å²) < 4.78 is 0. The number of nitrogens with one attached hydrogen (secondary N) is 1. The first-order valence-corrected chi connectivity index (χ1v) is 6.85. The van der Waals surface area contributed by atoms with E-state index in [2.05, 4.69) is 5.32 Å². The second kappa shape index (κ2) is 6.72. The molecule has 0 saturated carbocycles. The maximum Gasteiger partial charge on any atom is 0.352 e. The number of hydrogen-bond donors (Lipinski definition) is 2. The van der Waals surface area contributed by atoms with Gasteiger partial charge in [0, 0.05) is 17.3 Å². The van der Waals surface area contributed by atoms with Gasteiger partial charge in [-0.2, -0.15) is 0 Å². The highest BCUT2D eigenvalue weighted by molar-refractivity contribution is 6.09. The van der Waals surface area contributed by atoms with Gasteiger partial charge in [0.15, 0.2) is 5.78 Å². The third-order valence-electron chi connectivity index (χ3n) is 3.17. The molecular weight excluding hydrogens is 278 g/mol. The number of ketones is 1. The minimum Gasteiger partial charge on any atom is -0.477 e. The van der Waals surface area contributed by atoms with Crippen LogP contribution in [0, 0.1) is 13.8 Å². The number of carboxylic acid groups (broad SMARTS) is 1. The molecular formula is C18H17NO3. The number of aliphatic carboxylic acids is 1. The van der Waals surface area contributed by atoms with Crippen molar-refractivity contribution in [2.24, 2.45) is 0 Å². The topological polar surface area (TPSA) is 66.4 Å². The maximum atomic E-state index is 12.1. The second-order valence-electron chi connectivity index (χ2n) is 5.08. The van der Waals surface area contributed by atoms with Crippen LogP contribution in [0.3, 0.4) is 0 Å². The normalized spacial score (nSPS) is 11.1. The van der Waals surface area contributed by atoms with Gasteiger partial charge >= 0.3 is 5.97 Å². The molecule has 4 heteroatoms. The lowest BCUT2D eigenvalue weighted by atomic mass is 10.1. The van der Waals surface area contributed by atoms with Crippen LogP contribution in [0.2, 0.25) is 0 Å². The smallest absolute Gasteiger partial charge is 0.352 e. The van der Waals surface area contributed by atoms with Crippen LogP contribution in [0.15, 0.2) is 60.3 Å². The van der Waals surface area contributed by atoms with Gasteiger partial charge in [-0.05, 0) is 26.0 Å². The molecule has 0 saturated heterocycles. The van der Waals surface area contributed by atoms with Gasteiger partial charge in [-0.1, -0.05) is 47.5 Å². The fourth-order valence-corrected chi connectivity index (χ4v) is 1.88. The minimum atomic E-state index is -1.18. The molecule has 2 rings (SSSR count). The zero-order chi connectivity index (χ0) is 16.1. The van der Waals surface area contributed by atoms with E-state index in [4.69, 9.17) is 0 Å². The SMILES string of the molecule is Cc1ccc(N/C(=C\C(=O)c2ccc(C)cc2)C(=O)O)cc1. The van der Waals surface area contributed by atoms with Crippen LogP contribution in [-0.4, -0.2) is 16.9 Å². The summed E-state index contributed by atoms with van der Waals surface area (Å²) in [5, 5.41) is 12.0. The molecule has 2 aromatic carbocycles. The molecule has 0 heterocycles. The molecule has 4 nitrogen and oxygen atoms in total. The third-order valence-corrected chi connectivity index (χ3v) is 3.17. The summed E-state index contributed by atoms with van der Waals surface area (Å²) in [6, 6.07) is 14.3. The fourth-order valence-electron chi connectivity index (χ4n) is 1.88. The average Bonchev–Trinajstić information content (AvgIpc) is 2.49. The Morgan fingerprint density at radius 3 is 1.91 bits per heavy atom. The zero-order valence-electron chi connectivity index (χ0n) is 12.5. The van der Waals surface area contributed by atoms with Crippen LogP contribution in [0.5, 0.6) is 0 Å². The lowest BCUT2D eigenvalue weighted by Gasteiger charge is -2.07. The Morgan fingerprint density at radius 1 is 0.909 bits per heavy atom. The van der Waals surface area contributed by atoms with Crippen molar-refractivity contribution in [1.29, 1.82) is 0 Å². The van der Waals surface area contributed by atoms with Gasteiger partial charge in [0.2, 0.25) is 0 Å². The summed E-state index contributed by atoms with van der Waals surface area (Å²) in [6.07, 6.45) is 1.10. The molecule has 0 aliphatic rings. The molecule has 2 N–H and O–H groups in total. The molecule has 0 aliphatic carbocycles. The fraction of sp³-hybridized carbons (Fsp3) is 0.111. The molecule has 0 amide bonds. The maximum absolute atomic E-state index is 12.1. The number of rotatable bonds is 5. The number of anilines is 1.